The topological polar surface area (TPSA) is 80.7 Å². The quantitative estimate of drug-likeness (QED) is 0.838. The maximum Gasteiger partial charge on any atom is 0.274 e. The number of carbonyl (C=O) groups excluding carboxylic acids is 1. The average Bonchev–Trinajstić information content (AvgIpc) is 3.10. The minimum absolute atomic E-state index is 0.122. The Morgan fingerprint density at radius 1 is 1.30 bits per heavy atom. The number of carbonyl (C=O) groups is 1. The van der Waals surface area contributed by atoms with Crippen molar-refractivity contribution in [2.45, 2.75) is 19.3 Å². The number of aromatic nitrogens is 1. The zero-order chi connectivity index (χ0) is 19.6. The molecule has 2 aromatic rings. The van der Waals surface area contributed by atoms with E-state index in [0.717, 1.165) is 0 Å². The maximum atomic E-state index is 14.5. The highest BCUT2D eigenvalue weighted by Gasteiger charge is 2.34. The van der Waals surface area contributed by atoms with Gasteiger partial charge in [0.15, 0.2) is 0 Å². The molecular formula is C20H21FN2O4. The number of hydrogen-bond donors (Lipinski definition) is 2. The summed E-state index contributed by atoms with van der Waals surface area (Å²) >= 11 is 0. The van der Waals surface area contributed by atoms with Gasteiger partial charge in [-0.2, -0.15) is 0 Å². The van der Waals surface area contributed by atoms with Crippen LogP contribution in [-0.4, -0.2) is 36.3 Å². The van der Waals surface area contributed by atoms with Crippen molar-refractivity contribution in [3.8, 4) is 5.75 Å². The van der Waals surface area contributed by atoms with Crippen LogP contribution in [0.4, 0.5) is 10.1 Å². The van der Waals surface area contributed by atoms with E-state index in [1.807, 2.05) is 13.8 Å². The van der Waals surface area contributed by atoms with Gasteiger partial charge < -0.3 is 19.9 Å². The predicted octanol–water partition coefficient (Wildman–Crippen LogP) is 3.60. The van der Waals surface area contributed by atoms with Gasteiger partial charge in [-0.05, 0) is 35.9 Å². The molecule has 1 amide bonds. The van der Waals surface area contributed by atoms with Crippen LogP contribution in [0.15, 0.2) is 47.9 Å². The molecule has 0 aliphatic carbocycles. The number of rotatable bonds is 5. The lowest BCUT2D eigenvalue weighted by molar-refractivity contribution is 0.102. The first-order valence-corrected chi connectivity index (χ1v) is 8.43. The normalized spacial score (nSPS) is 14.4. The van der Waals surface area contributed by atoms with Crippen LogP contribution < -0.4 is 10.1 Å². The lowest BCUT2D eigenvalue weighted by Gasteiger charge is -2.27. The summed E-state index contributed by atoms with van der Waals surface area (Å²) in [6, 6.07) is 7.52. The van der Waals surface area contributed by atoms with E-state index in [1.54, 1.807) is 18.2 Å². The molecule has 2 heterocycles. The van der Waals surface area contributed by atoms with E-state index in [0.29, 0.717) is 22.6 Å². The molecule has 1 aromatic carbocycles. The highest BCUT2D eigenvalue weighted by atomic mass is 19.1. The summed E-state index contributed by atoms with van der Waals surface area (Å²) in [4.78, 5) is 16.4. The van der Waals surface area contributed by atoms with Gasteiger partial charge in [-0.25, -0.2) is 9.37 Å². The standard InChI is InChI=1S/C20H21FN2O4/c1-20(2,15-10-27-11-18(15)24)14-8-12(4-6-16(14)21)23-19(25)17-7-5-13(26-3)9-22-17/h4-9,24H,10-11H2,1-3H3,(H,23,25). The number of benzene rings is 1. The van der Waals surface area contributed by atoms with E-state index in [1.165, 1.54) is 25.4 Å². The van der Waals surface area contributed by atoms with Crippen molar-refractivity contribution < 1.29 is 23.8 Å². The number of ether oxygens (including phenoxy) is 2. The van der Waals surface area contributed by atoms with E-state index in [2.05, 4.69) is 10.3 Å². The van der Waals surface area contributed by atoms with Gasteiger partial charge in [0, 0.05) is 16.7 Å². The Kier molecular flexibility index (Phi) is 5.14. The van der Waals surface area contributed by atoms with Gasteiger partial charge in [0.25, 0.3) is 5.91 Å². The van der Waals surface area contributed by atoms with Crippen LogP contribution in [0.2, 0.25) is 0 Å². The van der Waals surface area contributed by atoms with Crippen LogP contribution in [0, 0.1) is 5.82 Å². The van der Waals surface area contributed by atoms with Gasteiger partial charge in [0.1, 0.15) is 29.6 Å². The first kappa shape index (κ1) is 18.8. The third-order valence-corrected chi connectivity index (χ3v) is 4.69. The van der Waals surface area contributed by atoms with Gasteiger partial charge in [-0.15, -0.1) is 0 Å². The van der Waals surface area contributed by atoms with Gasteiger partial charge in [0.2, 0.25) is 0 Å². The second kappa shape index (κ2) is 7.36. The van der Waals surface area contributed by atoms with Crippen molar-refractivity contribution in [3.05, 3.63) is 64.9 Å². The Labute approximate surface area is 156 Å². The van der Waals surface area contributed by atoms with Crippen LogP contribution in [0.5, 0.6) is 5.75 Å². The third-order valence-electron chi connectivity index (χ3n) is 4.69. The summed E-state index contributed by atoms with van der Waals surface area (Å²) in [7, 11) is 1.52. The molecule has 0 fully saturated rings. The summed E-state index contributed by atoms with van der Waals surface area (Å²) in [5, 5.41) is 12.7. The monoisotopic (exact) mass is 372 g/mol. The molecule has 1 aromatic heterocycles. The number of pyridine rings is 1. The highest BCUT2D eigenvalue weighted by Crippen LogP contribution is 2.38. The number of nitrogens with zero attached hydrogens (tertiary/aromatic N) is 1. The van der Waals surface area contributed by atoms with Crippen LogP contribution in [0.25, 0.3) is 0 Å². The second-order valence-electron chi connectivity index (χ2n) is 6.78. The van der Waals surface area contributed by atoms with Crippen molar-refractivity contribution in [1.82, 2.24) is 4.98 Å². The van der Waals surface area contributed by atoms with Crippen LogP contribution in [-0.2, 0) is 10.2 Å². The Bertz CT molecular complexity index is 891. The number of amides is 1. The Morgan fingerprint density at radius 3 is 2.67 bits per heavy atom. The molecule has 0 unspecified atom stereocenters. The molecule has 3 rings (SSSR count). The number of nitrogens with one attached hydrogen (secondary N) is 1. The Hall–Kier alpha value is -2.93. The molecular weight excluding hydrogens is 351 g/mol. The number of methoxy groups -OCH3 is 1. The maximum absolute atomic E-state index is 14.5. The van der Waals surface area contributed by atoms with Crippen LogP contribution >= 0.6 is 0 Å². The number of aliphatic hydroxyl groups excluding tert-OH is 1. The molecule has 0 saturated heterocycles. The van der Waals surface area contributed by atoms with E-state index in [9.17, 15) is 14.3 Å². The van der Waals surface area contributed by atoms with Crippen molar-refractivity contribution in [2.75, 3.05) is 25.6 Å². The van der Waals surface area contributed by atoms with E-state index < -0.39 is 17.1 Å². The van der Waals surface area contributed by atoms with E-state index in [4.69, 9.17) is 9.47 Å². The van der Waals surface area contributed by atoms with Crippen molar-refractivity contribution >= 4 is 11.6 Å². The van der Waals surface area contributed by atoms with Crippen LogP contribution in [0.3, 0.4) is 0 Å². The summed E-state index contributed by atoms with van der Waals surface area (Å²) in [5.74, 6) is -0.174. The molecule has 6 nitrogen and oxygen atoms in total. The lowest BCUT2D eigenvalue weighted by Crippen LogP contribution is -2.24. The van der Waals surface area contributed by atoms with Crippen molar-refractivity contribution in [2.24, 2.45) is 0 Å². The lowest BCUT2D eigenvalue weighted by atomic mass is 9.77. The molecule has 0 radical (unpaired) electrons. The fourth-order valence-electron chi connectivity index (χ4n) is 3.04. The molecule has 27 heavy (non-hydrogen) atoms. The fourth-order valence-corrected chi connectivity index (χ4v) is 3.04. The molecule has 1 aliphatic rings. The fraction of sp³-hybridized carbons (Fsp3) is 0.300. The smallest absolute Gasteiger partial charge is 0.274 e. The zero-order valence-electron chi connectivity index (χ0n) is 15.4. The number of halogens is 1. The molecule has 0 atom stereocenters. The summed E-state index contributed by atoms with van der Waals surface area (Å²) in [6.45, 7) is 3.98. The summed E-state index contributed by atoms with van der Waals surface area (Å²) in [5.41, 5.74) is 0.840. The van der Waals surface area contributed by atoms with Gasteiger partial charge >= 0.3 is 0 Å². The third kappa shape index (κ3) is 3.78. The first-order valence-electron chi connectivity index (χ1n) is 8.43. The molecule has 7 heteroatoms. The predicted molar refractivity (Wildman–Crippen MR) is 98.6 cm³/mol. The van der Waals surface area contributed by atoms with Gasteiger partial charge in [-0.3, -0.25) is 4.79 Å². The first-order chi connectivity index (χ1) is 12.8. The Balaban J connectivity index is 1.86. The van der Waals surface area contributed by atoms with Crippen molar-refractivity contribution in [3.63, 3.8) is 0 Å². The van der Waals surface area contributed by atoms with Gasteiger partial charge in [0.05, 0.1) is 19.9 Å². The van der Waals surface area contributed by atoms with Crippen LogP contribution in [0.1, 0.15) is 29.9 Å². The largest absolute Gasteiger partial charge is 0.510 e. The number of anilines is 1. The SMILES string of the molecule is COc1ccc(C(=O)Nc2ccc(F)c(C(C)(C)C3=C(O)COC3)c2)nc1. The van der Waals surface area contributed by atoms with Crippen molar-refractivity contribution in [1.29, 1.82) is 0 Å². The molecule has 0 bridgehead atoms. The average molecular weight is 372 g/mol. The molecule has 1 aliphatic heterocycles. The van der Waals surface area contributed by atoms with Gasteiger partial charge in [-0.1, -0.05) is 13.8 Å². The minimum Gasteiger partial charge on any atom is -0.510 e. The minimum atomic E-state index is -0.788. The zero-order valence-corrected chi connectivity index (χ0v) is 15.4. The highest BCUT2D eigenvalue weighted by molar-refractivity contribution is 6.02. The number of hydrogen-bond acceptors (Lipinski definition) is 5. The number of aliphatic hydroxyl groups is 1. The van der Waals surface area contributed by atoms with E-state index in [-0.39, 0.29) is 24.7 Å². The summed E-state index contributed by atoms with van der Waals surface area (Å²) in [6.07, 6.45) is 1.45. The molecule has 0 spiro atoms. The molecule has 142 valence electrons. The Morgan fingerprint density at radius 2 is 2.07 bits per heavy atom. The summed E-state index contributed by atoms with van der Waals surface area (Å²) < 4.78 is 24.8. The molecule has 2 N–H and O–H groups in total. The van der Waals surface area contributed by atoms with E-state index >= 15 is 0 Å². The molecule has 0 saturated carbocycles. The second-order valence-corrected chi connectivity index (χ2v) is 6.78.